The van der Waals surface area contributed by atoms with Gasteiger partial charge in [-0.15, -0.1) is 0 Å². The third kappa shape index (κ3) is 27.4. The minimum Gasteiger partial charge on any atom is -0.550 e. The number of carbonyl (C=O) groups excluding carboxylic acids is 4. The summed E-state index contributed by atoms with van der Waals surface area (Å²) in [7, 11) is 0. The van der Waals surface area contributed by atoms with Gasteiger partial charge in [-0.25, -0.2) is 0 Å². The van der Waals surface area contributed by atoms with E-state index < -0.39 is 36.0 Å². The van der Waals surface area contributed by atoms with Crippen molar-refractivity contribution in [3.63, 3.8) is 0 Å². The van der Waals surface area contributed by atoms with Gasteiger partial charge in [-0.2, -0.15) is 0 Å². The quantitative estimate of drug-likeness (QED) is 0.371. The van der Waals surface area contributed by atoms with Gasteiger partial charge in [-0.05, 0) is 25.7 Å². The number of carboxylic acid groups (broad SMARTS) is 4. The summed E-state index contributed by atoms with van der Waals surface area (Å²) < 4.78 is 0. The minimum atomic E-state index is -1.44. The molecule has 0 aromatic heterocycles. The molecule has 0 heterocycles. The van der Waals surface area contributed by atoms with Crippen LogP contribution in [0.25, 0.3) is 0 Å². The number of nitrogens with two attached hydrogens (primary N) is 2. The topological polar surface area (TPSA) is 244 Å². The fourth-order valence-corrected chi connectivity index (χ4v) is 0.782. The zero-order valence-corrected chi connectivity index (χ0v) is 16.7. The normalized spacial score (nSPS) is 10.9. The molecule has 0 fully saturated rings. The van der Waals surface area contributed by atoms with Gasteiger partial charge in [-0.1, -0.05) is 0 Å². The van der Waals surface area contributed by atoms with Gasteiger partial charge in [0.1, 0.15) is 0 Å². The van der Waals surface area contributed by atoms with Crippen LogP contribution in [-0.4, -0.2) is 117 Å². The zero-order chi connectivity index (χ0) is 16.3. The van der Waals surface area contributed by atoms with E-state index in [4.69, 9.17) is 11.5 Å². The van der Waals surface area contributed by atoms with E-state index in [-0.39, 0.29) is 107 Å². The molecule has 11 nitrogen and oxygen atoms in total. The minimum absolute atomic E-state index is 0. The molecule has 0 aliphatic rings. The first-order valence-corrected chi connectivity index (χ1v) is 5.40. The molecule has 0 aromatic rings. The molecule has 0 aliphatic heterocycles. The molecule has 0 bridgehead atoms. The first-order chi connectivity index (χ1) is 9.07. The summed E-state index contributed by atoms with van der Waals surface area (Å²) in [4.78, 5) is 39.2. The van der Waals surface area contributed by atoms with Crippen molar-refractivity contribution in [3.8, 4) is 0 Å². The molecule has 0 radical (unpaired) electrons. The Morgan fingerprint density at radius 3 is 1.04 bits per heavy atom. The molecule has 6 N–H and O–H groups in total. The van der Waals surface area contributed by atoms with Gasteiger partial charge in [-0.3, -0.25) is 0 Å². The molecule has 0 aliphatic carbocycles. The predicted octanol–water partition coefficient (Wildman–Crippen LogP) is -8.40. The van der Waals surface area contributed by atoms with E-state index in [1.165, 1.54) is 0 Å². The molecule has 0 unspecified atom stereocenters. The number of hydrogen-bond donors (Lipinski definition) is 2. The van der Waals surface area contributed by atoms with Crippen LogP contribution in [0.1, 0.15) is 25.7 Å². The summed E-state index contributed by atoms with van der Waals surface area (Å²) in [6.07, 6.45) is -1.00. The van der Waals surface area contributed by atoms with Gasteiger partial charge in [0.2, 0.25) is 0 Å². The van der Waals surface area contributed by atoms with Crippen molar-refractivity contribution in [2.75, 3.05) is 0 Å². The van der Waals surface area contributed by atoms with Crippen LogP contribution >= 0.6 is 0 Å². The van der Waals surface area contributed by atoms with E-state index >= 15 is 0 Å². The molecular formula is C10H16Ca2N2O9. The summed E-state index contributed by atoms with van der Waals surface area (Å²) in [5.74, 6) is -5.50. The van der Waals surface area contributed by atoms with Crippen molar-refractivity contribution in [2.24, 2.45) is 11.5 Å². The van der Waals surface area contributed by atoms with Crippen molar-refractivity contribution in [2.45, 2.75) is 37.8 Å². The molecule has 0 saturated heterocycles. The van der Waals surface area contributed by atoms with Gasteiger partial charge in [0.15, 0.2) is 0 Å². The number of carboxylic acids is 4. The van der Waals surface area contributed by atoms with E-state index in [2.05, 4.69) is 0 Å². The van der Waals surface area contributed by atoms with E-state index in [0.717, 1.165) is 0 Å². The summed E-state index contributed by atoms with van der Waals surface area (Å²) in [6.45, 7) is 0. The molecule has 0 amide bonds. The van der Waals surface area contributed by atoms with E-state index in [0.29, 0.717) is 0 Å². The maximum absolute atomic E-state index is 9.86. The standard InChI is InChI=1S/2C5H9NO4.2Ca.H2O/c2*6-3(5(9)10)1-2-4(7)8;;;/h2*3H,1-2,6H2,(H,7,8)(H,9,10);;;1H2/q;;2*+2;/p-4/t2*3-;;;/m00.../s1. The Hall–Kier alpha value is 0.279. The second-order valence-electron chi connectivity index (χ2n) is 3.67. The third-order valence-corrected chi connectivity index (χ3v) is 1.92. The Balaban J connectivity index is -0.0000000831. The Morgan fingerprint density at radius 1 is 0.696 bits per heavy atom. The molecule has 0 spiro atoms. The van der Waals surface area contributed by atoms with Crippen LogP contribution < -0.4 is 31.9 Å². The number of carbonyl (C=O) groups is 4. The van der Waals surface area contributed by atoms with Crippen molar-refractivity contribution >= 4 is 99.4 Å². The van der Waals surface area contributed by atoms with Crippen molar-refractivity contribution < 1.29 is 45.1 Å². The molecular weight excluding hydrogens is 372 g/mol. The molecule has 0 aromatic carbocycles. The van der Waals surface area contributed by atoms with Crippen LogP contribution in [0.3, 0.4) is 0 Å². The Labute approximate surface area is 191 Å². The third-order valence-electron chi connectivity index (χ3n) is 1.92. The summed E-state index contributed by atoms with van der Waals surface area (Å²) in [5.41, 5.74) is 9.82. The van der Waals surface area contributed by atoms with Gasteiger partial charge in [0.25, 0.3) is 0 Å². The fourth-order valence-electron chi connectivity index (χ4n) is 0.782. The average Bonchev–Trinajstić information content (AvgIpc) is 2.33. The van der Waals surface area contributed by atoms with E-state index in [1.54, 1.807) is 0 Å². The molecule has 124 valence electrons. The first-order valence-electron chi connectivity index (χ1n) is 5.40. The van der Waals surface area contributed by atoms with Crippen LogP contribution in [0.2, 0.25) is 0 Å². The first kappa shape index (κ1) is 34.6. The van der Waals surface area contributed by atoms with E-state index in [9.17, 15) is 39.6 Å². The fraction of sp³-hybridized carbons (Fsp3) is 0.600. The summed E-state index contributed by atoms with van der Waals surface area (Å²) in [5, 5.41) is 39.2. The molecule has 0 rings (SSSR count). The largest absolute Gasteiger partial charge is 2.00 e. The van der Waals surface area contributed by atoms with Gasteiger partial charge < -0.3 is 56.5 Å². The van der Waals surface area contributed by atoms with Crippen LogP contribution in [0, 0.1) is 0 Å². The molecule has 2 atom stereocenters. The smallest absolute Gasteiger partial charge is 0.550 e. The number of hydrogen-bond acceptors (Lipinski definition) is 10. The Bertz CT molecular complexity index is 334. The molecule has 23 heavy (non-hydrogen) atoms. The Morgan fingerprint density at radius 2 is 0.913 bits per heavy atom. The maximum Gasteiger partial charge on any atom is 2.00 e. The van der Waals surface area contributed by atoms with Gasteiger partial charge in [0, 0.05) is 24.0 Å². The summed E-state index contributed by atoms with van der Waals surface area (Å²) in [6, 6.07) is -2.42. The van der Waals surface area contributed by atoms with Crippen molar-refractivity contribution in [3.05, 3.63) is 0 Å². The predicted molar refractivity (Wildman–Crippen MR) is 69.6 cm³/mol. The van der Waals surface area contributed by atoms with Crippen LogP contribution in [0.15, 0.2) is 0 Å². The average molecular weight is 388 g/mol. The maximum atomic E-state index is 9.86. The second kappa shape index (κ2) is 20.3. The van der Waals surface area contributed by atoms with Crippen LogP contribution in [-0.2, 0) is 19.2 Å². The van der Waals surface area contributed by atoms with Crippen molar-refractivity contribution in [1.29, 1.82) is 0 Å². The van der Waals surface area contributed by atoms with Gasteiger partial charge >= 0.3 is 75.5 Å². The van der Waals surface area contributed by atoms with Gasteiger partial charge in [0.05, 0.1) is 11.9 Å². The number of rotatable bonds is 8. The second-order valence-corrected chi connectivity index (χ2v) is 3.67. The van der Waals surface area contributed by atoms with Crippen LogP contribution in [0.4, 0.5) is 0 Å². The van der Waals surface area contributed by atoms with Crippen LogP contribution in [0.5, 0.6) is 0 Å². The molecule has 13 heteroatoms. The molecule has 0 saturated carbocycles. The van der Waals surface area contributed by atoms with Crippen molar-refractivity contribution in [1.82, 2.24) is 0 Å². The Kier molecular flexibility index (Phi) is 30.6. The van der Waals surface area contributed by atoms with E-state index in [1.807, 2.05) is 0 Å². The zero-order valence-electron chi connectivity index (χ0n) is 12.3. The summed E-state index contributed by atoms with van der Waals surface area (Å²) >= 11 is 0. The monoisotopic (exact) mass is 388 g/mol. The SMILES string of the molecule is N[C@@H](CCC(=O)[O-])C(=O)[O-].N[C@@H](CCC(=O)[O-])C(=O)[O-].O.[Ca+2].[Ca+2]. The number of aliphatic carboxylic acids is 4.